The average molecular weight is 252 g/mol. The lowest BCUT2D eigenvalue weighted by molar-refractivity contribution is -0.141. The summed E-state index contributed by atoms with van der Waals surface area (Å²) in [4.78, 5) is 15.3. The van der Waals surface area contributed by atoms with Gasteiger partial charge in [0, 0.05) is 11.8 Å². The Labute approximate surface area is 107 Å². The van der Waals surface area contributed by atoms with Gasteiger partial charge in [0.25, 0.3) is 0 Å². The zero-order chi connectivity index (χ0) is 13.1. The van der Waals surface area contributed by atoms with Crippen molar-refractivity contribution in [2.24, 2.45) is 5.92 Å². The van der Waals surface area contributed by atoms with Gasteiger partial charge in [-0.15, -0.1) is 0 Å². The molecular weight excluding hydrogens is 232 g/mol. The summed E-state index contributed by atoms with van der Waals surface area (Å²) < 4.78 is 5.23. The SMILES string of the molecule is CC(C(=O)O)C(C)c1nc(C2CCCCC2)no1. The predicted octanol–water partition coefficient (Wildman–Crippen LogP) is 2.94. The third-order valence-electron chi connectivity index (χ3n) is 3.96. The zero-order valence-electron chi connectivity index (χ0n) is 10.9. The van der Waals surface area contributed by atoms with Crippen LogP contribution < -0.4 is 0 Å². The number of rotatable bonds is 4. The maximum atomic E-state index is 10.9. The smallest absolute Gasteiger partial charge is 0.307 e. The van der Waals surface area contributed by atoms with Crippen molar-refractivity contribution in [3.8, 4) is 0 Å². The molecule has 5 heteroatoms. The first kappa shape index (κ1) is 13.1. The Hall–Kier alpha value is -1.39. The van der Waals surface area contributed by atoms with Gasteiger partial charge in [-0.25, -0.2) is 0 Å². The maximum Gasteiger partial charge on any atom is 0.307 e. The number of nitrogens with zero attached hydrogens (tertiary/aromatic N) is 2. The fourth-order valence-corrected chi connectivity index (χ4v) is 2.39. The lowest BCUT2D eigenvalue weighted by Crippen LogP contribution is -2.17. The quantitative estimate of drug-likeness (QED) is 0.891. The van der Waals surface area contributed by atoms with E-state index in [-0.39, 0.29) is 5.92 Å². The van der Waals surface area contributed by atoms with Crippen LogP contribution in [-0.4, -0.2) is 21.2 Å². The monoisotopic (exact) mass is 252 g/mol. The van der Waals surface area contributed by atoms with E-state index < -0.39 is 11.9 Å². The van der Waals surface area contributed by atoms with Crippen LogP contribution in [0.15, 0.2) is 4.52 Å². The zero-order valence-corrected chi connectivity index (χ0v) is 10.9. The van der Waals surface area contributed by atoms with Crippen LogP contribution in [0.5, 0.6) is 0 Å². The standard InChI is InChI=1S/C13H20N2O3/c1-8(9(2)13(16)17)12-14-11(15-18-12)10-6-4-3-5-7-10/h8-10H,3-7H2,1-2H3,(H,16,17). The molecule has 1 saturated carbocycles. The first-order chi connectivity index (χ1) is 8.59. The summed E-state index contributed by atoms with van der Waals surface area (Å²) in [5.74, 6) is 0.0140. The summed E-state index contributed by atoms with van der Waals surface area (Å²) in [6, 6.07) is 0. The second kappa shape index (κ2) is 5.50. The van der Waals surface area contributed by atoms with Crippen LogP contribution in [0.1, 0.15) is 69.5 Å². The van der Waals surface area contributed by atoms with Gasteiger partial charge in [-0.1, -0.05) is 38.3 Å². The van der Waals surface area contributed by atoms with Crippen LogP contribution in [0.2, 0.25) is 0 Å². The summed E-state index contributed by atoms with van der Waals surface area (Å²) in [5, 5.41) is 13.0. The Morgan fingerprint density at radius 3 is 2.61 bits per heavy atom. The van der Waals surface area contributed by atoms with Crippen LogP contribution >= 0.6 is 0 Å². The number of carboxylic acids is 1. The summed E-state index contributed by atoms with van der Waals surface area (Å²) in [6.07, 6.45) is 5.95. The van der Waals surface area contributed by atoms with E-state index in [0.717, 1.165) is 18.7 Å². The summed E-state index contributed by atoms with van der Waals surface area (Å²) >= 11 is 0. The molecule has 1 fully saturated rings. The number of hydrogen-bond donors (Lipinski definition) is 1. The Kier molecular flexibility index (Phi) is 3.99. The van der Waals surface area contributed by atoms with Crippen molar-refractivity contribution in [2.45, 2.75) is 57.8 Å². The molecule has 1 heterocycles. The van der Waals surface area contributed by atoms with Crippen LogP contribution in [0.4, 0.5) is 0 Å². The highest BCUT2D eigenvalue weighted by molar-refractivity contribution is 5.70. The first-order valence-corrected chi connectivity index (χ1v) is 6.66. The first-order valence-electron chi connectivity index (χ1n) is 6.66. The van der Waals surface area contributed by atoms with Crippen molar-refractivity contribution in [3.05, 3.63) is 11.7 Å². The van der Waals surface area contributed by atoms with E-state index in [4.69, 9.17) is 9.63 Å². The van der Waals surface area contributed by atoms with Crippen LogP contribution in [0, 0.1) is 5.92 Å². The Balaban J connectivity index is 2.07. The molecule has 1 N–H and O–H groups in total. The summed E-state index contributed by atoms with van der Waals surface area (Å²) in [5.41, 5.74) is 0. The molecule has 1 aliphatic carbocycles. The van der Waals surface area contributed by atoms with Gasteiger partial charge in [-0.3, -0.25) is 4.79 Å². The highest BCUT2D eigenvalue weighted by Gasteiger charge is 2.28. The molecule has 100 valence electrons. The van der Waals surface area contributed by atoms with Crippen LogP contribution in [-0.2, 0) is 4.79 Å². The van der Waals surface area contributed by atoms with Crippen LogP contribution in [0.3, 0.4) is 0 Å². The number of carboxylic acid groups (broad SMARTS) is 1. The van der Waals surface area contributed by atoms with Gasteiger partial charge >= 0.3 is 5.97 Å². The van der Waals surface area contributed by atoms with E-state index >= 15 is 0 Å². The normalized spacial score (nSPS) is 20.6. The lowest BCUT2D eigenvalue weighted by atomic mass is 9.89. The molecule has 1 aromatic rings. The van der Waals surface area contributed by atoms with Gasteiger partial charge in [-0.2, -0.15) is 4.98 Å². The van der Waals surface area contributed by atoms with Gasteiger partial charge in [-0.05, 0) is 12.8 Å². The van der Waals surface area contributed by atoms with Gasteiger partial charge in [0.1, 0.15) is 0 Å². The molecule has 0 aromatic carbocycles. The largest absolute Gasteiger partial charge is 0.481 e. The van der Waals surface area contributed by atoms with Crippen molar-refractivity contribution in [1.82, 2.24) is 10.1 Å². The average Bonchev–Trinajstić information content (AvgIpc) is 2.87. The van der Waals surface area contributed by atoms with E-state index in [1.54, 1.807) is 6.92 Å². The number of carbonyl (C=O) groups is 1. The van der Waals surface area contributed by atoms with Crippen molar-refractivity contribution in [2.75, 3.05) is 0 Å². The highest BCUT2D eigenvalue weighted by atomic mass is 16.5. The Morgan fingerprint density at radius 1 is 1.33 bits per heavy atom. The molecule has 0 radical (unpaired) electrons. The minimum Gasteiger partial charge on any atom is -0.481 e. The second-order valence-corrected chi connectivity index (χ2v) is 5.24. The molecule has 5 nitrogen and oxygen atoms in total. The Morgan fingerprint density at radius 2 is 2.00 bits per heavy atom. The number of aromatic nitrogens is 2. The van der Waals surface area contributed by atoms with Crippen molar-refractivity contribution >= 4 is 5.97 Å². The lowest BCUT2D eigenvalue weighted by Gasteiger charge is -2.17. The van der Waals surface area contributed by atoms with Crippen molar-refractivity contribution < 1.29 is 14.4 Å². The van der Waals surface area contributed by atoms with E-state index in [9.17, 15) is 4.79 Å². The minimum atomic E-state index is -0.833. The molecule has 1 aliphatic rings. The second-order valence-electron chi connectivity index (χ2n) is 5.24. The molecule has 0 spiro atoms. The maximum absolute atomic E-state index is 10.9. The van der Waals surface area contributed by atoms with E-state index in [1.807, 2.05) is 6.92 Å². The number of hydrogen-bond acceptors (Lipinski definition) is 4. The fraction of sp³-hybridized carbons (Fsp3) is 0.769. The molecule has 0 aliphatic heterocycles. The van der Waals surface area contributed by atoms with E-state index in [2.05, 4.69) is 10.1 Å². The molecule has 2 unspecified atom stereocenters. The van der Waals surface area contributed by atoms with Gasteiger partial charge in [0.05, 0.1) is 5.92 Å². The van der Waals surface area contributed by atoms with E-state index in [1.165, 1.54) is 19.3 Å². The molecule has 0 bridgehead atoms. The third-order valence-corrected chi connectivity index (χ3v) is 3.96. The van der Waals surface area contributed by atoms with Gasteiger partial charge < -0.3 is 9.63 Å². The van der Waals surface area contributed by atoms with Gasteiger partial charge in [0.2, 0.25) is 5.89 Å². The third kappa shape index (κ3) is 2.71. The van der Waals surface area contributed by atoms with Gasteiger partial charge in [0.15, 0.2) is 5.82 Å². The summed E-state index contributed by atoms with van der Waals surface area (Å²) in [7, 11) is 0. The van der Waals surface area contributed by atoms with Crippen LogP contribution in [0.25, 0.3) is 0 Å². The molecule has 0 saturated heterocycles. The minimum absolute atomic E-state index is 0.243. The summed E-state index contributed by atoms with van der Waals surface area (Å²) in [6.45, 7) is 3.48. The fourth-order valence-electron chi connectivity index (χ4n) is 2.39. The number of aliphatic carboxylic acids is 1. The molecule has 2 atom stereocenters. The predicted molar refractivity (Wildman–Crippen MR) is 65.3 cm³/mol. The molecule has 0 amide bonds. The Bertz CT molecular complexity index is 410. The van der Waals surface area contributed by atoms with Crippen molar-refractivity contribution in [3.63, 3.8) is 0 Å². The molecule has 18 heavy (non-hydrogen) atoms. The van der Waals surface area contributed by atoms with E-state index in [0.29, 0.717) is 11.8 Å². The molecule has 1 aromatic heterocycles. The molecule has 2 rings (SSSR count). The van der Waals surface area contributed by atoms with Crippen molar-refractivity contribution in [1.29, 1.82) is 0 Å². The topological polar surface area (TPSA) is 76.2 Å². The molecular formula is C13H20N2O3. The highest BCUT2D eigenvalue weighted by Crippen LogP contribution is 2.32.